The fourth-order valence-corrected chi connectivity index (χ4v) is 8.33. The van der Waals surface area contributed by atoms with Crippen LogP contribution in [-0.2, 0) is 5.41 Å². The minimum atomic E-state index is 0.0470. The molecule has 2 aromatic heterocycles. The number of fused-ring (bicyclic) bond motifs is 3. The fourth-order valence-electron chi connectivity index (χ4n) is 5.39. The third kappa shape index (κ3) is 3.02. The summed E-state index contributed by atoms with van der Waals surface area (Å²) in [5.41, 5.74) is 13.1. The maximum atomic E-state index is 2.46. The van der Waals surface area contributed by atoms with Gasteiger partial charge in [-0.1, -0.05) is 50.2 Å². The van der Waals surface area contributed by atoms with E-state index in [1.54, 1.807) is 11.1 Å². The first kappa shape index (κ1) is 20.5. The van der Waals surface area contributed by atoms with Gasteiger partial charge in [-0.2, -0.15) is 11.8 Å². The van der Waals surface area contributed by atoms with Crippen LogP contribution in [0.2, 0.25) is 0 Å². The summed E-state index contributed by atoms with van der Waals surface area (Å²) >= 11 is 5.86. The van der Waals surface area contributed by atoms with Crippen LogP contribution in [0, 0.1) is 13.8 Å². The SMILES string of the molecule is Cc1sccc1C1=C(c2cc(-c3ccc4c(c3)C(C)(C)c3ccccc3-4)sc2C)CSC1. The molecule has 3 heteroatoms. The number of thiophene rings is 2. The van der Waals surface area contributed by atoms with E-state index in [2.05, 4.69) is 99.4 Å². The molecule has 0 nitrogen and oxygen atoms in total. The molecule has 4 aromatic rings. The molecule has 0 radical (unpaired) electrons. The van der Waals surface area contributed by atoms with Gasteiger partial charge in [0, 0.05) is 31.6 Å². The first-order chi connectivity index (χ1) is 15.4. The van der Waals surface area contributed by atoms with Crippen LogP contribution in [0.1, 0.15) is 45.9 Å². The molecule has 32 heavy (non-hydrogen) atoms. The van der Waals surface area contributed by atoms with E-state index in [1.165, 1.54) is 53.6 Å². The summed E-state index contributed by atoms with van der Waals surface area (Å²) in [4.78, 5) is 4.26. The molecule has 0 atom stereocenters. The molecule has 0 amide bonds. The molecule has 6 rings (SSSR count). The molecule has 0 saturated carbocycles. The van der Waals surface area contributed by atoms with Crippen molar-refractivity contribution in [1.29, 1.82) is 0 Å². The quantitative estimate of drug-likeness (QED) is 0.288. The van der Waals surface area contributed by atoms with Gasteiger partial charge in [-0.15, -0.1) is 22.7 Å². The molecule has 0 saturated heterocycles. The minimum absolute atomic E-state index is 0.0470. The van der Waals surface area contributed by atoms with E-state index < -0.39 is 0 Å². The van der Waals surface area contributed by atoms with Gasteiger partial charge in [0.05, 0.1) is 0 Å². The summed E-state index contributed by atoms with van der Waals surface area (Å²) in [7, 11) is 0. The van der Waals surface area contributed by atoms with Crippen molar-refractivity contribution >= 4 is 45.6 Å². The average molecular weight is 471 g/mol. The van der Waals surface area contributed by atoms with Crippen molar-refractivity contribution in [1.82, 2.24) is 0 Å². The van der Waals surface area contributed by atoms with Crippen LogP contribution in [0.25, 0.3) is 32.7 Å². The summed E-state index contributed by atoms with van der Waals surface area (Å²) in [5.74, 6) is 2.25. The molecule has 2 aromatic carbocycles. The molecule has 0 unspecified atom stereocenters. The molecule has 0 fully saturated rings. The van der Waals surface area contributed by atoms with Crippen molar-refractivity contribution in [3.05, 3.63) is 92.0 Å². The van der Waals surface area contributed by atoms with Crippen LogP contribution < -0.4 is 0 Å². The Morgan fingerprint density at radius 1 is 0.719 bits per heavy atom. The normalized spacial score (nSPS) is 16.5. The van der Waals surface area contributed by atoms with Gasteiger partial charge >= 0.3 is 0 Å². The number of hydrogen-bond acceptors (Lipinski definition) is 3. The van der Waals surface area contributed by atoms with Crippen molar-refractivity contribution in [3.8, 4) is 21.6 Å². The maximum absolute atomic E-state index is 2.46. The molecule has 0 spiro atoms. The number of rotatable bonds is 3. The number of hydrogen-bond donors (Lipinski definition) is 0. The molecule has 160 valence electrons. The maximum Gasteiger partial charge on any atom is 0.0351 e. The van der Waals surface area contributed by atoms with E-state index in [4.69, 9.17) is 0 Å². The van der Waals surface area contributed by atoms with Gasteiger partial charge in [0.15, 0.2) is 0 Å². The first-order valence-electron chi connectivity index (χ1n) is 11.1. The Morgan fingerprint density at radius 2 is 1.47 bits per heavy atom. The predicted octanol–water partition coefficient (Wildman–Crippen LogP) is 9.06. The zero-order chi connectivity index (χ0) is 22.0. The molecule has 2 aliphatic rings. The Balaban J connectivity index is 1.44. The first-order valence-corrected chi connectivity index (χ1v) is 14.0. The van der Waals surface area contributed by atoms with Crippen LogP contribution >= 0.6 is 34.4 Å². The minimum Gasteiger partial charge on any atom is -0.152 e. The summed E-state index contributed by atoms with van der Waals surface area (Å²) in [6.07, 6.45) is 0. The van der Waals surface area contributed by atoms with Gasteiger partial charge in [0.1, 0.15) is 0 Å². The van der Waals surface area contributed by atoms with Gasteiger partial charge in [0.2, 0.25) is 0 Å². The van der Waals surface area contributed by atoms with Gasteiger partial charge in [-0.25, -0.2) is 0 Å². The van der Waals surface area contributed by atoms with Crippen molar-refractivity contribution in [2.24, 2.45) is 0 Å². The highest BCUT2D eigenvalue weighted by atomic mass is 32.2. The largest absolute Gasteiger partial charge is 0.152 e. The lowest BCUT2D eigenvalue weighted by Crippen LogP contribution is -2.14. The van der Waals surface area contributed by atoms with Gasteiger partial charge in [-0.05, 0) is 87.5 Å². The van der Waals surface area contributed by atoms with Crippen LogP contribution in [0.5, 0.6) is 0 Å². The predicted molar refractivity (Wildman–Crippen MR) is 145 cm³/mol. The number of aryl methyl sites for hydroxylation is 2. The summed E-state index contributed by atoms with van der Waals surface area (Å²) in [5, 5.41) is 2.23. The molecule has 0 N–H and O–H groups in total. The Kier molecular flexibility index (Phi) is 4.80. The fraction of sp³-hybridized carbons (Fsp3) is 0.241. The summed E-state index contributed by atoms with van der Waals surface area (Å²) < 4.78 is 0. The lowest BCUT2D eigenvalue weighted by molar-refractivity contribution is 0.660. The van der Waals surface area contributed by atoms with Crippen LogP contribution in [0.4, 0.5) is 0 Å². The van der Waals surface area contributed by atoms with E-state index in [-0.39, 0.29) is 5.41 Å². The van der Waals surface area contributed by atoms with Crippen molar-refractivity contribution in [3.63, 3.8) is 0 Å². The van der Waals surface area contributed by atoms with E-state index in [9.17, 15) is 0 Å². The third-order valence-electron chi connectivity index (χ3n) is 7.15. The average Bonchev–Trinajstić information content (AvgIpc) is 3.55. The smallest absolute Gasteiger partial charge is 0.0351 e. The summed E-state index contributed by atoms with van der Waals surface area (Å²) in [6.45, 7) is 9.28. The van der Waals surface area contributed by atoms with Gasteiger partial charge in [-0.3, -0.25) is 0 Å². The Labute approximate surface area is 203 Å². The standard InChI is InChI=1S/C29H26S3/c1-17-20(11-12-31-17)24-15-30-16-25(24)23-14-28(32-18(23)2)19-9-10-22-21-7-5-6-8-26(21)29(3,4)27(22)13-19/h5-14H,15-16H2,1-4H3. The lowest BCUT2D eigenvalue weighted by atomic mass is 9.82. The van der Waals surface area contributed by atoms with E-state index >= 15 is 0 Å². The molecular weight excluding hydrogens is 445 g/mol. The van der Waals surface area contributed by atoms with E-state index in [1.807, 2.05) is 22.7 Å². The van der Waals surface area contributed by atoms with Crippen LogP contribution in [-0.4, -0.2) is 11.5 Å². The van der Waals surface area contributed by atoms with Crippen molar-refractivity contribution < 1.29 is 0 Å². The highest BCUT2D eigenvalue weighted by Crippen LogP contribution is 2.50. The third-order valence-corrected chi connectivity index (χ3v) is 10.1. The Hall–Kier alpha value is -2.07. The molecule has 1 aliphatic heterocycles. The molecule has 1 aliphatic carbocycles. The van der Waals surface area contributed by atoms with Crippen LogP contribution in [0.3, 0.4) is 0 Å². The Bertz CT molecular complexity index is 1390. The highest BCUT2D eigenvalue weighted by molar-refractivity contribution is 8.00. The zero-order valence-corrected chi connectivity index (χ0v) is 21.4. The topological polar surface area (TPSA) is 0 Å². The molecule has 3 heterocycles. The zero-order valence-electron chi connectivity index (χ0n) is 18.9. The van der Waals surface area contributed by atoms with Gasteiger partial charge in [0.25, 0.3) is 0 Å². The summed E-state index contributed by atoms with van der Waals surface area (Å²) in [6, 6.07) is 20.8. The number of benzene rings is 2. The number of thioether (sulfide) groups is 1. The second kappa shape index (κ2) is 7.48. The monoisotopic (exact) mass is 470 g/mol. The second-order valence-electron chi connectivity index (χ2n) is 9.35. The molecule has 0 bridgehead atoms. The van der Waals surface area contributed by atoms with E-state index in [0.717, 1.165) is 11.5 Å². The van der Waals surface area contributed by atoms with Crippen LogP contribution in [0.15, 0.2) is 60.0 Å². The van der Waals surface area contributed by atoms with Crippen molar-refractivity contribution in [2.75, 3.05) is 11.5 Å². The van der Waals surface area contributed by atoms with E-state index in [0.29, 0.717) is 0 Å². The second-order valence-corrected chi connectivity index (χ2v) is 12.7. The van der Waals surface area contributed by atoms with Crippen molar-refractivity contribution in [2.45, 2.75) is 33.1 Å². The van der Waals surface area contributed by atoms with Gasteiger partial charge < -0.3 is 0 Å². The highest BCUT2D eigenvalue weighted by Gasteiger charge is 2.35. The molecular formula is C29H26S3. The Morgan fingerprint density at radius 3 is 2.25 bits per heavy atom. The lowest BCUT2D eigenvalue weighted by Gasteiger charge is -2.21.